The highest BCUT2D eigenvalue weighted by atomic mass is 15.1. The van der Waals surface area contributed by atoms with Crippen molar-refractivity contribution in [1.29, 1.82) is 0 Å². The van der Waals surface area contributed by atoms with Crippen LogP contribution in [-0.4, -0.2) is 50.1 Å². The Kier molecular flexibility index (Phi) is 7.01. The van der Waals surface area contributed by atoms with Crippen LogP contribution in [0.15, 0.2) is 0 Å². The first-order valence-corrected chi connectivity index (χ1v) is 9.43. The standard InChI is InChI=1S/C19H38N2/c1-16-14-17(10-7-5-6-8-12-20(2)3)18-11-9-13-21(4)19(18)15-16/h16-19H,5-15H2,1-4H3/t16-,17+,18-,19-/m0/s1. The van der Waals surface area contributed by atoms with E-state index in [4.69, 9.17) is 0 Å². The fraction of sp³-hybridized carbons (Fsp3) is 1.00. The minimum Gasteiger partial charge on any atom is -0.309 e. The van der Waals surface area contributed by atoms with Crippen LogP contribution in [-0.2, 0) is 0 Å². The summed E-state index contributed by atoms with van der Waals surface area (Å²) in [4.78, 5) is 4.99. The maximum absolute atomic E-state index is 2.67. The Morgan fingerprint density at radius 3 is 2.57 bits per heavy atom. The molecule has 0 aromatic heterocycles. The fourth-order valence-electron chi connectivity index (χ4n) is 4.89. The molecule has 2 rings (SSSR count). The Hall–Kier alpha value is -0.0800. The van der Waals surface area contributed by atoms with Crippen molar-refractivity contribution in [3.05, 3.63) is 0 Å². The zero-order valence-corrected chi connectivity index (χ0v) is 15.0. The monoisotopic (exact) mass is 294 g/mol. The minimum absolute atomic E-state index is 0.904. The van der Waals surface area contributed by atoms with Gasteiger partial charge in [0.05, 0.1) is 0 Å². The van der Waals surface area contributed by atoms with Crippen molar-refractivity contribution >= 4 is 0 Å². The van der Waals surface area contributed by atoms with Gasteiger partial charge in [0.15, 0.2) is 0 Å². The summed E-state index contributed by atoms with van der Waals surface area (Å²) in [6.45, 7) is 5.09. The van der Waals surface area contributed by atoms with Crippen molar-refractivity contribution in [2.45, 2.75) is 70.8 Å². The van der Waals surface area contributed by atoms with Crippen molar-refractivity contribution < 1.29 is 0 Å². The molecule has 0 spiro atoms. The number of unbranched alkanes of at least 4 members (excludes halogenated alkanes) is 3. The van der Waals surface area contributed by atoms with Gasteiger partial charge in [0.1, 0.15) is 0 Å². The van der Waals surface area contributed by atoms with E-state index >= 15 is 0 Å². The molecule has 4 atom stereocenters. The van der Waals surface area contributed by atoms with Crippen LogP contribution in [0.4, 0.5) is 0 Å². The van der Waals surface area contributed by atoms with E-state index < -0.39 is 0 Å². The summed E-state index contributed by atoms with van der Waals surface area (Å²) in [5.41, 5.74) is 0. The lowest BCUT2D eigenvalue weighted by Crippen LogP contribution is -2.49. The molecule has 1 heterocycles. The zero-order chi connectivity index (χ0) is 15.2. The van der Waals surface area contributed by atoms with E-state index in [2.05, 4.69) is 37.9 Å². The normalized spacial score (nSPS) is 34.1. The zero-order valence-electron chi connectivity index (χ0n) is 15.0. The third kappa shape index (κ3) is 5.25. The molecule has 1 saturated carbocycles. The summed E-state index contributed by atoms with van der Waals surface area (Å²) in [6, 6.07) is 0.904. The molecule has 1 saturated heterocycles. The highest BCUT2D eigenvalue weighted by Crippen LogP contribution is 2.43. The van der Waals surface area contributed by atoms with Crippen LogP contribution in [0.25, 0.3) is 0 Å². The fourth-order valence-corrected chi connectivity index (χ4v) is 4.89. The Morgan fingerprint density at radius 1 is 1.05 bits per heavy atom. The molecule has 0 aromatic rings. The predicted octanol–water partition coefficient (Wildman–Crippen LogP) is 4.26. The average molecular weight is 295 g/mol. The molecule has 0 bridgehead atoms. The van der Waals surface area contributed by atoms with E-state index in [9.17, 15) is 0 Å². The molecule has 2 aliphatic rings. The molecular weight excluding hydrogens is 256 g/mol. The summed E-state index contributed by atoms with van der Waals surface area (Å²) in [7, 11) is 6.74. The van der Waals surface area contributed by atoms with Crippen LogP contribution in [0.3, 0.4) is 0 Å². The number of nitrogens with zero attached hydrogens (tertiary/aromatic N) is 2. The summed E-state index contributed by atoms with van der Waals surface area (Å²) < 4.78 is 0. The number of hydrogen-bond acceptors (Lipinski definition) is 2. The quantitative estimate of drug-likeness (QED) is 0.648. The molecule has 21 heavy (non-hydrogen) atoms. The molecule has 0 amide bonds. The SMILES string of the molecule is C[C@H]1C[C@@H](CCCCCCN(C)C)[C@@H]2CCCN(C)[C@H]2C1. The van der Waals surface area contributed by atoms with E-state index in [1.54, 1.807) is 0 Å². The second kappa shape index (κ2) is 8.53. The van der Waals surface area contributed by atoms with Crippen LogP contribution in [0.2, 0.25) is 0 Å². The predicted molar refractivity (Wildman–Crippen MR) is 92.7 cm³/mol. The van der Waals surface area contributed by atoms with E-state index in [0.717, 1.165) is 23.8 Å². The van der Waals surface area contributed by atoms with Crippen LogP contribution < -0.4 is 0 Å². The molecule has 1 aliphatic carbocycles. The topological polar surface area (TPSA) is 6.48 Å². The minimum atomic E-state index is 0.904. The van der Waals surface area contributed by atoms with Gasteiger partial charge in [-0.2, -0.15) is 0 Å². The van der Waals surface area contributed by atoms with Gasteiger partial charge in [0, 0.05) is 6.04 Å². The molecule has 124 valence electrons. The van der Waals surface area contributed by atoms with Gasteiger partial charge in [-0.15, -0.1) is 0 Å². The number of fused-ring (bicyclic) bond motifs is 1. The van der Waals surface area contributed by atoms with Gasteiger partial charge in [-0.05, 0) is 84.1 Å². The number of rotatable bonds is 7. The third-order valence-electron chi connectivity index (χ3n) is 5.99. The summed E-state index contributed by atoms with van der Waals surface area (Å²) in [6.07, 6.45) is 13.1. The summed E-state index contributed by atoms with van der Waals surface area (Å²) in [5, 5.41) is 0. The van der Waals surface area contributed by atoms with E-state index in [1.807, 2.05) is 0 Å². The maximum atomic E-state index is 2.67. The van der Waals surface area contributed by atoms with Crippen molar-refractivity contribution in [3.8, 4) is 0 Å². The van der Waals surface area contributed by atoms with Crippen molar-refractivity contribution in [2.24, 2.45) is 17.8 Å². The molecule has 0 unspecified atom stereocenters. The third-order valence-corrected chi connectivity index (χ3v) is 5.99. The average Bonchev–Trinajstić information content (AvgIpc) is 2.43. The number of hydrogen-bond donors (Lipinski definition) is 0. The van der Waals surface area contributed by atoms with Crippen molar-refractivity contribution in [1.82, 2.24) is 9.80 Å². The Morgan fingerprint density at radius 2 is 1.81 bits per heavy atom. The van der Waals surface area contributed by atoms with Crippen molar-refractivity contribution in [3.63, 3.8) is 0 Å². The Bertz CT molecular complexity index is 289. The van der Waals surface area contributed by atoms with Gasteiger partial charge >= 0.3 is 0 Å². The smallest absolute Gasteiger partial charge is 0.0126 e. The lowest BCUT2D eigenvalue weighted by molar-refractivity contribution is 0.0184. The number of likely N-dealkylation sites (tertiary alicyclic amines) is 1. The molecule has 2 heteroatoms. The van der Waals surface area contributed by atoms with Crippen LogP contribution in [0.1, 0.15) is 64.7 Å². The van der Waals surface area contributed by atoms with E-state index in [-0.39, 0.29) is 0 Å². The molecule has 0 N–H and O–H groups in total. The van der Waals surface area contributed by atoms with Crippen LogP contribution >= 0.6 is 0 Å². The highest BCUT2D eigenvalue weighted by Gasteiger charge is 2.39. The van der Waals surface area contributed by atoms with Crippen molar-refractivity contribution in [2.75, 3.05) is 34.2 Å². The van der Waals surface area contributed by atoms with Gasteiger partial charge in [-0.25, -0.2) is 0 Å². The van der Waals surface area contributed by atoms with Gasteiger partial charge in [0.2, 0.25) is 0 Å². The number of piperidine rings is 1. The Labute approximate surface area is 133 Å². The largest absolute Gasteiger partial charge is 0.309 e. The summed E-state index contributed by atoms with van der Waals surface area (Å²) >= 11 is 0. The lowest BCUT2D eigenvalue weighted by atomic mass is 9.66. The van der Waals surface area contributed by atoms with Crippen LogP contribution in [0.5, 0.6) is 0 Å². The summed E-state index contributed by atoms with van der Waals surface area (Å²) in [5.74, 6) is 2.99. The van der Waals surface area contributed by atoms with E-state index in [0.29, 0.717) is 0 Å². The van der Waals surface area contributed by atoms with Gasteiger partial charge in [-0.1, -0.05) is 32.6 Å². The highest BCUT2D eigenvalue weighted by molar-refractivity contribution is 4.92. The molecule has 0 radical (unpaired) electrons. The molecule has 2 nitrogen and oxygen atoms in total. The first kappa shape index (κ1) is 17.3. The van der Waals surface area contributed by atoms with Gasteiger partial charge in [0.25, 0.3) is 0 Å². The maximum Gasteiger partial charge on any atom is 0.0126 e. The molecule has 0 aromatic carbocycles. The van der Waals surface area contributed by atoms with Gasteiger partial charge < -0.3 is 9.80 Å². The first-order valence-electron chi connectivity index (χ1n) is 9.43. The van der Waals surface area contributed by atoms with Crippen LogP contribution in [0, 0.1) is 17.8 Å². The molecular formula is C19H38N2. The molecule has 1 aliphatic heterocycles. The second-order valence-electron chi connectivity index (χ2n) is 8.20. The Balaban J connectivity index is 1.71. The second-order valence-corrected chi connectivity index (χ2v) is 8.20. The lowest BCUT2D eigenvalue weighted by Gasteiger charge is -2.48. The molecule has 2 fully saturated rings. The van der Waals surface area contributed by atoms with E-state index in [1.165, 1.54) is 70.9 Å². The first-order chi connectivity index (χ1) is 10.1. The van der Waals surface area contributed by atoms with Gasteiger partial charge in [-0.3, -0.25) is 0 Å².